The first-order valence-corrected chi connectivity index (χ1v) is 11.5. The maximum absolute atomic E-state index is 12.5. The van der Waals surface area contributed by atoms with Gasteiger partial charge in [0.05, 0.1) is 9.82 Å². The Morgan fingerprint density at radius 2 is 1.77 bits per heavy atom. The third kappa shape index (κ3) is 6.11. The molecule has 1 aliphatic rings. The van der Waals surface area contributed by atoms with Crippen molar-refractivity contribution in [3.05, 3.63) is 64.2 Å². The molecule has 2 aromatic rings. The molecule has 0 bridgehead atoms. The van der Waals surface area contributed by atoms with Gasteiger partial charge in [0.2, 0.25) is 15.9 Å². The molecule has 30 heavy (non-hydrogen) atoms. The highest BCUT2D eigenvalue weighted by molar-refractivity contribution is 7.89. The van der Waals surface area contributed by atoms with Gasteiger partial charge < -0.3 is 5.32 Å². The van der Waals surface area contributed by atoms with Crippen LogP contribution >= 0.6 is 0 Å². The summed E-state index contributed by atoms with van der Waals surface area (Å²) in [4.78, 5) is 22.6. The van der Waals surface area contributed by atoms with Gasteiger partial charge in [-0.15, -0.1) is 0 Å². The van der Waals surface area contributed by atoms with Crippen LogP contribution < -0.4 is 10.0 Å². The molecule has 0 heterocycles. The number of nitrogens with zero attached hydrogens (tertiary/aromatic N) is 1. The summed E-state index contributed by atoms with van der Waals surface area (Å²) in [6, 6.07) is 12.3. The van der Waals surface area contributed by atoms with Crippen molar-refractivity contribution in [1.82, 2.24) is 4.72 Å². The molecule has 160 valence electrons. The summed E-state index contributed by atoms with van der Waals surface area (Å²) in [7, 11) is -3.54. The van der Waals surface area contributed by atoms with E-state index in [4.69, 9.17) is 0 Å². The number of rotatable bonds is 8. The lowest BCUT2D eigenvalue weighted by atomic mass is 9.96. The second-order valence-electron chi connectivity index (χ2n) is 7.46. The summed E-state index contributed by atoms with van der Waals surface area (Å²) in [5.74, 6) is -0.272. The Balaban J connectivity index is 1.53. The molecule has 1 saturated carbocycles. The number of nitro groups is 1. The Morgan fingerprint density at radius 1 is 1.07 bits per heavy atom. The summed E-state index contributed by atoms with van der Waals surface area (Å²) in [5, 5.41) is 13.4. The second kappa shape index (κ2) is 9.82. The number of nitro benzene ring substituents is 1. The summed E-state index contributed by atoms with van der Waals surface area (Å²) >= 11 is 0. The first-order chi connectivity index (χ1) is 14.3. The number of hydrogen-bond acceptors (Lipinski definition) is 5. The highest BCUT2D eigenvalue weighted by atomic mass is 32.2. The van der Waals surface area contributed by atoms with E-state index >= 15 is 0 Å². The van der Waals surface area contributed by atoms with E-state index in [9.17, 15) is 23.3 Å². The third-order valence-electron chi connectivity index (χ3n) is 5.14. The molecule has 3 rings (SSSR count). The normalized spacial score (nSPS) is 14.9. The third-order valence-corrected chi connectivity index (χ3v) is 6.68. The van der Waals surface area contributed by atoms with Gasteiger partial charge in [-0.1, -0.05) is 37.5 Å². The van der Waals surface area contributed by atoms with Crippen molar-refractivity contribution in [2.45, 2.75) is 55.9 Å². The minimum atomic E-state index is -3.54. The van der Waals surface area contributed by atoms with Crippen LogP contribution in [0, 0.1) is 10.1 Å². The van der Waals surface area contributed by atoms with E-state index < -0.39 is 14.9 Å². The van der Waals surface area contributed by atoms with Crippen molar-refractivity contribution in [2.24, 2.45) is 0 Å². The van der Waals surface area contributed by atoms with Crippen LogP contribution in [0.4, 0.5) is 11.4 Å². The topological polar surface area (TPSA) is 118 Å². The molecule has 0 atom stereocenters. The number of non-ortho nitro benzene ring substituents is 1. The number of carbonyl (C=O) groups is 1. The van der Waals surface area contributed by atoms with Crippen LogP contribution in [0.25, 0.3) is 0 Å². The Labute approximate surface area is 175 Å². The molecule has 9 heteroatoms. The molecule has 2 N–H and O–H groups in total. The number of benzene rings is 2. The van der Waals surface area contributed by atoms with Gasteiger partial charge in [0, 0.05) is 30.3 Å². The maximum Gasteiger partial charge on any atom is 0.271 e. The molecule has 0 aromatic heterocycles. The molecule has 0 spiro atoms. The van der Waals surface area contributed by atoms with Gasteiger partial charge in [0.1, 0.15) is 0 Å². The van der Waals surface area contributed by atoms with Crippen molar-refractivity contribution in [2.75, 3.05) is 5.32 Å². The summed E-state index contributed by atoms with van der Waals surface area (Å²) in [5.41, 5.74) is 1.11. The van der Waals surface area contributed by atoms with Crippen LogP contribution in [0.3, 0.4) is 0 Å². The smallest absolute Gasteiger partial charge is 0.271 e. The lowest BCUT2D eigenvalue weighted by Crippen LogP contribution is -2.36. The molecule has 1 aliphatic carbocycles. The molecular weight excluding hydrogens is 406 g/mol. The summed E-state index contributed by atoms with van der Waals surface area (Å²) in [6.07, 6.45) is 5.59. The minimum absolute atomic E-state index is 0.000864. The fraction of sp³-hybridized carbons (Fsp3) is 0.381. The molecule has 1 fully saturated rings. The number of sulfonamides is 1. The number of carbonyl (C=O) groups excluding carboxylic acids is 1. The quantitative estimate of drug-likeness (QED) is 0.487. The van der Waals surface area contributed by atoms with Crippen molar-refractivity contribution in [3.63, 3.8) is 0 Å². The number of aryl methyl sites for hydroxylation is 1. The molecule has 2 aromatic carbocycles. The lowest BCUT2D eigenvalue weighted by molar-refractivity contribution is -0.384. The van der Waals surface area contributed by atoms with Crippen molar-refractivity contribution < 1.29 is 18.1 Å². The predicted octanol–water partition coefficient (Wildman–Crippen LogP) is 3.78. The fourth-order valence-corrected chi connectivity index (χ4v) is 4.83. The largest absolute Gasteiger partial charge is 0.326 e. The van der Waals surface area contributed by atoms with Crippen LogP contribution in [0.1, 0.15) is 44.1 Å². The van der Waals surface area contributed by atoms with Gasteiger partial charge >= 0.3 is 0 Å². The number of hydrogen-bond donors (Lipinski definition) is 2. The molecule has 0 saturated heterocycles. The van der Waals surface area contributed by atoms with Crippen molar-refractivity contribution in [3.8, 4) is 0 Å². The van der Waals surface area contributed by atoms with E-state index in [0.29, 0.717) is 12.1 Å². The first-order valence-electron chi connectivity index (χ1n) is 9.99. The molecule has 1 amide bonds. The number of amides is 1. The average molecular weight is 432 g/mol. The number of nitrogens with one attached hydrogen (secondary N) is 2. The van der Waals surface area contributed by atoms with Crippen molar-refractivity contribution in [1.29, 1.82) is 0 Å². The van der Waals surface area contributed by atoms with Gasteiger partial charge in [-0.05, 0) is 43.0 Å². The van der Waals surface area contributed by atoms with E-state index in [1.807, 2.05) is 0 Å². The van der Waals surface area contributed by atoms with E-state index in [-0.39, 0.29) is 29.0 Å². The monoisotopic (exact) mass is 431 g/mol. The van der Waals surface area contributed by atoms with E-state index in [0.717, 1.165) is 37.7 Å². The second-order valence-corrected chi connectivity index (χ2v) is 9.17. The SMILES string of the molecule is O=C(CCc1ccc(S(=O)(=O)NC2CCCCC2)cc1)Nc1cccc([N+](=O)[O-])c1. The predicted molar refractivity (Wildman–Crippen MR) is 114 cm³/mol. The van der Waals surface area contributed by atoms with Gasteiger partial charge in [-0.3, -0.25) is 14.9 Å². The highest BCUT2D eigenvalue weighted by Gasteiger charge is 2.21. The van der Waals surface area contributed by atoms with Crippen molar-refractivity contribution >= 4 is 27.3 Å². The van der Waals surface area contributed by atoms with E-state index in [2.05, 4.69) is 10.0 Å². The molecule has 0 aliphatic heterocycles. The van der Waals surface area contributed by atoms with Gasteiger partial charge in [0.25, 0.3) is 5.69 Å². The first kappa shape index (κ1) is 21.9. The van der Waals surface area contributed by atoms with Crippen LogP contribution in [0.15, 0.2) is 53.4 Å². The van der Waals surface area contributed by atoms with Crippen LogP contribution in [0.2, 0.25) is 0 Å². The van der Waals surface area contributed by atoms with Gasteiger partial charge in [-0.2, -0.15) is 0 Å². The van der Waals surface area contributed by atoms with Crippen LogP contribution in [-0.2, 0) is 21.2 Å². The Morgan fingerprint density at radius 3 is 2.43 bits per heavy atom. The standard InChI is InChI=1S/C21H25N3O5S/c25-21(22-18-7-4-8-19(15-18)24(26)27)14-11-16-9-12-20(13-10-16)30(28,29)23-17-5-2-1-3-6-17/h4,7-10,12-13,15,17,23H,1-3,5-6,11,14H2,(H,22,25). The maximum atomic E-state index is 12.5. The summed E-state index contributed by atoms with van der Waals surface area (Å²) < 4.78 is 27.8. The lowest BCUT2D eigenvalue weighted by Gasteiger charge is -2.22. The molecule has 0 unspecified atom stereocenters. The zero-order chi connectivity index (χ0) is 21.6. The minimum Gasteiger partial charge on any atom is -0.326 e. The zero-order valence-corrected chi connectivity index (χ0v) is 17.4. The summed E-state index contributed by atoms with van der Waals surface area (Å²) in [6.45, 7) is 0. The van der Waals surface area contributed by atoms with Crippen LogP contribution in [-0.4, -0.2) is 25.3 Å². The Bertz CT molecular complexity index is 1000. The number of anilines is 1. The fourth-order valence-electron chi connectivity index (χ4n) is 3.52. The van der Waals surface area contributed by atoms with E-state index in [1.165, 1.54) is 18.2 Å². The molecular formula is C21H25N3O5S. The Hall–Kier alpha value is -2.78. The average Bonchev–Trinajstić information content (AvgIpc) is 2.73. The molecule has 8 nitrogen and oxygen atoms in total. The Kier molecular flexibility index (Phi) is 7.17. The van der Waals surface area contributed by atoms with Gasteiger partial charge in [0.15, 0.2) is 0 Å². The van der Waals surface area contributed by atoms with Gasteiger partial charge in [-0.25, -0.2) is 13.1 Å². The highest BCUT2D eigenvalue weighted by Crippen LogP contribution is 2.21. The zero-order valence-electron chi connectivity index (χ0n) is 16.5. The van der Waals surface area contributed by atoms with Crippen LogP contribution in [0.5, 0.6) is 0 Å². The molecule has 0 radical (unpaired) electrons. The van der Waals surface area contributed by atoms with E-state index in [1.54, 1.807) is 30.3 Å².